The predicted molar refractivity (Wildman–Crippen MR) is 73.8 cm³/mol. The van der Waals surface area contributed by atoms with Crippen LogP contribution in [0.3, 0.4) is 0 Å². The third-order valence-electron chi connectivity index (χ3n) is 4.17. The lowest BCUT2D eigenvalue weighted by Crippen LogP contribution is -2.49. The molecule has 0 spiro atoms. The summed E-state index contributed by atoms with van der Waals surface area (Å²) < 4.78 is 0. The van der Waals surface area contributed by atoms with Gasteiger partial charge < -0.3 is 15.7 Å². The second-order valence-electron chi connectivity index (χ2n) is 6.64. The molecule has 1 fully saturated rings. The smallest absolute Gasteiger partial charge is 0.310 e. The van der Waals surface area contributed by atoms with Gasteiger partial charge in [-0.2, -0.15) is 0 Å². The SMILES string of the molecule is CC(C)(CNC(=O)C(C)(C)C1CCCNC1)C(=O)O. The van der Waals surface area contributed by atoms with Crippen LogP contribution in [0.2, 0.25) is 0 Å². The maximum atomic E-state index is 12.3. The molecule has 1 atom stereocenters. The Kier molecular flexibility index (Phi) is 4.96. The van der Waals surface area contributed by atoms with Crippen molar-refractivity contribution in [2.75, 3.05) is 19.6 Å². The zero-order valence-corrected chi connectivity index (χ0v) is 12.4. The van der Waals surface area contributed by atoms with Crippen molar-refractivity contribution in [1.82, 2.24) is 10.6 Å². The summed E-state index contributed by atoms with van der Waals surface area (Å²) in [5, 5.41) is 15.2. The molecule has 0 radical (unpaired) electrons. The van der Waals surface area contributed by atoms with E-state index in [2.05, 4.69) is 10.6 Å². The van der Waals surface area contributed by atoms with Gasteiger partial charge in [-0.1, -0.05) is 13.8 Å². The van der Waals surface area contributed by atoms with E-state index in [-0.39, 0.29) is 12.5 Å². The van der Waals surface area contributed by atoms with Gasteiger partial charge in [-0.25, -0.2) is 0 Å². The van der Waals surface area contributed by atoms with E-state index in [9.17, 15) is 9.59 Å². The Morgan fingerprint density at radius 3 is 2.42 bits per heavy atom. The maximum Gasteiger partial charge on any atom is 0.310 e. The van der Waals surface area contributed by atoms with Crippen molar-refractivity contribution in [2.24, 2.45) is 16.7 Å². The summed E-state index contributed by atoms with van der Waals surface area (Å²) >= 11 is 0. The van der Waals surface area contributed by atoms with E-state index in [1.165, 1.54) is 0 Å². The van der Waals surface area contributed by atoms with Crippen molar-refractivity contribution in [3.05, 3.63) is 0 Å². The van der Waals surface area contributed by atoms with Crippen molar-refractivity contribution < 1.29 is 14.7 Å². The summed E-state index contributed by atoms with van der Waals surface area (Å²) in [6.07, 6.45) is 2.12. The van der Waals surface area contributed by atoms with Gasteiger partial charge in [0.1, 0.15) is 0 Å². The third-order valence-corrected chi connectivity index (χ3v) is 4.17. The number of aliphatic carboxylic acids is 1. The lowest BCUT2D eigenvalue weighted by atomic mass is 9.74. The Morgan fingerprint density at radius 1 is 1.32 bits per heavy atom. The largest absolute Gasteiger partial charge is 0.481 e. The third kappa shape index (κ3) is 3.93. The molecule has 0 aromatic rings. The molecule has 0 saturated carbocycles. The average Bonchev–Trinajstić information content (AvgIpc) is 2.36. The number of hydrogen-bond donors (Lipinski definition) is 3. The highest BCUT2D eigenvalue weighted by Crippen LogP contribution is 2.32. The minimum atomic E-state index is -0.934. The first kappa shape index (κ1) is 16.0. The molecule has 5 nitrogen and oxygen atoms in total. The molecule has 19 heavy (non-hydrogen) atoms. The second-order valence-corrected chi connectivity index (χ2v) is 6.64. The Labute approximate surface area is 115 Å². The molecule has 1 heterocycles. The molecule has 0 aromatic carbocycles. The van der Waals surface area contributed by atoms with Crippen LogP contribution in [0.5, 0.6) is 0 Å². The van der Waals surface area contributed by atoms with Gasteiger partial charge >= 0.3 is 5.97 Å². The molecule has 1 saturated heterocycles. The highest BCUT2D eigenvalue weighted by molar-refractivity contribution is 5.83. The van der Waals surface area contributed by atoms with Crippen LogP contribution in [0.4, 0.5) is 0 Å². The average molecular weight is 270 g/mol. The Bertz CT molecular complexity index is 345. The van der Waals surface area contributed by atoms with E-state index in [0.29, 0.717) is 5.92 Å². The van der Waals surface area contributed by atoms with Gasteiger partial charge in [-0.05, 0) is 45.7 Å². The normalized spacial score (nSPS) is 20.9. The highest BCUT2D eigenvalue weighted by atomic mass is 16.4. The van der Waals surface area contributed by atoms with Crippen LogP contribution in [-0.2, 0) is 9.59 Å². The molecule has 0 aliphatic carbocycles. The van der Waals surface area contributed by atoms with Crippen LogP contribution >= 0.6 is 0 Å². The molecule has 110 valence electrons. The first-order chi connectivity index (χ1) is 8.68. The van der Waals surface area contributed by atoms with Crippen LogP contribution < -0.4 is 10.6 Å². The molecule has 5 heteroatoms. The van der Waals surface area contributed by atoms with Gasteiger partial charge in [0.05, 0.1) is 5.41 Å². The Hall–Kier alpha value is -1.10. The maximum absolute atomic E-state index is 12.3. The van der Waals surface area contributed by atoms with Crippen LogP contribution in [0, 0.1) is 16.7 Å². The van der Waals surface area contributed by atoms with Gasteiger partial charge in [0.15, 0.2) is 0 Å². The summed E-state index contributed by atoms with van der Waals surface area (Å²) in [5.74, 6) is -0.658. The van der Waals surface area contributed by atoms with E-state index in [1.54, 1.807) is 13.8 Å². The lowest BCUT2D eigenvalue weighted by molar-refractivity contribution is -0.147. The number of carbonyl (C=O) groups excluding carboxylic acids is 1. The fourth-order valence-corrected chi connectivity index (χ4v) is 2.26. The number of carboxylic acid groups (broad SMARTS) is 1. The van der Waals surface area contributed by atoms with Gasteiger partial charge in [0, 0.05) is 12.0 Å². The monoisotopic (exact) mass is 270 g/mol. The van der Waals surface area contributed by atoms with Crippen molar-refractivity contribution in [1.29, 1.82) is 0 Å². The number of nitrogens with one attached hydrogen (secondary N) is 2. The number of carbonyl (C=O) groups is 2. The number of carboxylic acids is 1. The standard InChI is InChI=1S/C14H26N2O3/c1-13(2,12(18)19)9-16-11(17)14(3,4)10-6-5-7-15-8-10/h10,15H,5-9H2,1-4H3,(H,16,17)(H,18,19). The minimum Gasteiger partial charge on any atom is -0.481 e. The van der Waals surface area contributed by atoms with Crippen molar-refractivity contribution in [3.63, 3.8) is 0 Å². The lowest BCUT2D eigenvalue weighted by Gasteiger charge is -2.36. The Morgan fingerprint density at radius 2 is 1.95 bits per heavy atom. The molecule has 3 N–H and O–H groups in total. The molecular weight excluding hydrogens is 244 g/mol. The summed E-state index contributed by atoms with van der Waals surface area (Å²) in [7, 11) is 0. The van der Waals surface area contributed by atoms with Crippen LogP contribution in [0.15, 0.2) is 0 Å². The van der Waals surface area contributed by atoms with E-state index in [0.717, 1.165) is 25.9 Å². The Balaban J connectivity index is 2.58. The van der Waals surface area contributed by atoms with Gasteiger partial charge in [0.25, 0.3) is 0 Å². The predicted octanol–water partition coefficient (Wildman–Crippen LogP) is 1.24. The fraction of sp³-hybridized carbons (Fsp3) is 0.857. The van der Waals surface area contributed by atoms with Crippen molar-refractivity contribution >= 4 is 11.9 Å². The molecule has 1 amide bonds. The van der Waals surface area contributed by atoms with E-state index >= 15 is 0 Å². The number of amides is 1. The quantitative estimate of drug-likeness (QED) is 0.702. The molecule has 0 bridgehead atoms. The summed E-state index contributed by atoms with van der Waals surface area (Å²) in [6.45, 7) is 9.13. The van der Waals surface area contributed by atoms with Crippen LogP contribution in [0.25, 0.3) is 0 Å². The van der Waals surface area contributed by atoms with E-state index in [4.69, 9.17) is 5.11 Å². The van der Waals surface area contributed by atoms with E-state index in [1.807, 2.05) is 13.8 Å². The van der Waals surface area contributed by atoms with Gasteiger partial charge in [-0.15, -0.1) is 0 Å². The number of rotatable bonds is 5. The molecule has 0 aromatic heterocycles. The summed E-state index contributed by atoms with van der Waals surface area (Å²) in [6, 6.07) is 0. The molecule has 1 aliphatic heterocycles. The van der Waals surface area contributed by atoms with Gasteiger partial charge in [-0.3, -0.25) is 9.59 Å². The summed E-state index contributed by atoms with van der Waals surface area (Å²) in [5.41, 5.74) is -1.40. The summed E-state index contributed by atoms with van der Waals surface area (Å²) in [4.78, 5) is 23.3. The first-order valence-corrected chi connectivity index (χ1v) is 6.90. The second kappa shape index (κ2) is 5.90. The topological polar surface area (TPSA) is 78.4 Å². The zero-order chi connectivity index (χ0) is 14.7. The minimum absolute atomic E-state index is 0.0597. The fourth-order valence-electron chi connectivity index (χ4n) is 2.26. The van der Waals surface area contributed by atoms with Crippen molar-refractivity contribution in [3.8, 4) is 0 Å². The van der Waals surface area contributed by atoms with Crippen LogP contribution in [0.1, 0.15) is 40.5 Å². The van der Waals surface area contributed by atoms with E-state index < -0.39 is 16.8 Å². The van der Waals surface area contributed by atoms with Gasteiger partial charge in [0.2, 0.25) is 5.91 Å². The zero-order valence-electron chi connectivity index (χ0n) is 12.4. The molecule has 1 unspecified atom stereocenters. The van der Waals surface area contributed by atoms with Crippen LogP contribution in [-0.4, -0.2) is 36.6 Å². The van der Waals surface area contributed by atoms with Crippen molar-refractivity contribution in [2.45, 2.75) is 40.5 Å². The number of hydrogen-bond acceptors (Lipinski definition) is 3. The highest BCUT2D eigenvalue weighted by Gasteiger charge is 2.38. The molecular formula is C14H26N2O3. The molecule has 1 rings (SSSR count). The molecule has 1 aliphatic rings. The number of piperidine rings is 1. The first-order valence-electron chi connectivity index (χ1n) is 6.90.